The second-order valence-corrected chi connectivity index (χ2v) is 12.3. The Morgan fingerprint density at radius 3 is 2.20 bits per heavy atom. The standard InChI is InChI=1S/C41H49N3O/c1-4-6-8-13-26-41(27-14-9-7-5-2)34-20-16-21-38(45-3)39(34)40-35(41)24-25-37(44-40)31-22-23-33(36(43)29-31)32-19-11-10-17-30(32)18-12-15-28-42/h10-12,15-25,28-29H,4-9,13-14,26-27,42-43H2,1-3H3/b18-12?,28-15-. The molecule has 1 aliphatic carbocycles. The molecule has 0 saturated carbocycles. The quantitative estimate of drug-likeness (QED) is 0.0810. The predicted molar refractivity (Wildman–Crippen MR) is 192 cm³/mol. The van der Waals surface area contributed by atoms with Gasteiger partial charge in [0, 0.05) is 27.8 Å². The van der Waals surface area contributed by atoms with Gasteiger partial charge in [-0.05, 0) is 65.6 Å². The van der Waals surface area contributed by atoms with Crippen LogP contribution in [0.15, 0.2) is 91.1 Å². The van der Waals surface area contributed by atoms with Crippen LogP contribution in [0.4, 0.5) is 5.69 Å². The van der Waals surface area contributed by atoms with Gasteiger partial charge in [-0.15, -0.1) is 0 Å². The third kappa shape index (κ3) is 6.71. The fourth-order valence-electron chi connectivity index (χ4n) is 7.14. The molecule has 0 amide bonds. The van der Waals surface area contributed by atoms with Gasteiger partial charge in [-0.25, -0.2) is 4.98 Å². The zero-order chi connectivity index (χ0) is 31.6. The minimum absolute atomic E-state index is 0.0363. The average molecular weight is 600 g/mol. The van der Waals surface area contributed by atoms with Gasteiger partial charge in [-0.3, -0.25) is 0 Å². The van der Waals surface area contributed by atoms with Crippen LogP contribution in [0.1, 0.15) is 94.7 Å². The van der Waals surface area contributed by atoms with Crippen molar-refractivity contribution in [3.8, 4) is 39.4 Å². The third-order valence-corrected chi connectivity index (χ3v) is 9.42. The molecule has 5 rings (SSSR count). The molecule has 4 nitrogen and oxygen atoms in total. The first-order chi connectivity index (χ1) is 22.1. The van der Waals surface area contributed by atoms with Crippen LogP contribution in [0.2, 0.25) is 0 Å². The fraction of sp³-hybridized carbons (Fsp3) is 0.341. The Morgan fingerprint density at radius 2 is 1.51 bits per heavy atom. The molecule has 0 saturated heterocycles. The molecule has 4 aromatic rings. The van der Waals surface area contributed by atoms with Gasteiger partial charge >= 0.3 is 0 Å². The lowest BCUT2D eigenvalue weighted by molar-refractivity contribution is 0.396. The van der Waals surface area contributed by atoms with E-state index in [0.717, 1.165) is 57.9 Å². The van der Waals surface area contributed by atoms with E-state index in [4.69, 9.17) is 21.2 Å². The lowest BCUT2D eigenvalue weighted by Gasteiger charge is -2.32. The Balaban J connectivity index is 1.57. The Hall–Kier alpha value is -4.31. The van der Waals surface area contributed by atoms with Crippen molar-refractivity contribution in [2.75, 3.05) is 12.8 Å². The molecule has 1 aromatic heterocycles. The van der Waals surface area contributed by atoms with Crippen LogP contribution in [-0.2, 0) is 5.41 Å². The van der Waals surface area contributed by atoms with Crippen LogP contribution < -0.4 is 16.2 Å². The second kappa shape index (κ2) is 15.1. The number of rotatable bonds is 15. The molecular weight excluding hydrogens is 550 g/mol. The molecule has 0 radical (unpaired) electrons. The highest BCUT2D eigenvalue weighted by molar-refractivity contribution is 5.87. The number of unbranched alkanes of at least 4 members (excludes halogenated alkanes) is 6. The summed E-state index contributed by atoms with van der Waals surface area (Å²) >= 11 is 0. The van der Waals surface area contributed by atoms with E-state index in [0.29, 0.717) is 0 Å². The van der Waals surface area contributed by atoms with E-state index in [2.05, 4.69) is 80.6 Å². The fourth-order valence-corrected chi connectivity index (χ4v) is 7.14. The average Bonchev–Trinajstić information content (AvgIpc) is 3.34. The number of nitrogen functional groups attached to an aromatic ring is 1. The van der Waals surface area contributed by atoms with Crippen LogP contribution in [0, 0.1) is 0 Å². The van der Waals surface area contributed by atoms with Crippen molar-refractivity contribution in [2.45, 2.75) is 83.5 Å². The van der Waals surface area contributed by atoms with Gasteiger partial charge in [0.2, 0.25) is 0 Å². The molecule has 3 aromatic carbocycles. The van der Waals surface area contributed by atoms with Crippen LogP contribution >= 0.6 is 0 Å². The maximum Gasteiger partial charge on any atom is 0.128 e. The molecular formula is C41H49N3O. The Kier molecular flexibility index (Phi) is 10.8. The van der Waals surface area contributed by atoms with Crippen molar-refractivity contribution in [3.05, 3.63) is 108 Å². The topological polar surface area (TPSA) is 74.2 Å². The summed E-state index contributed by atoms with van der Waals surface area (Å²) in [6, 6.07) is 25.7. The molecule has 0 unspecified atom stereocenters. The molecule has 4 N–H and O–H groups in total. The summed E-state index contributed by atoms with van der Waals surface area (Å²) in [5.74, 6) is 0.909. The molecule has 0 spiro atoms. The number of anilines is 1. The van der Waals surface area contributed by atoms with Gasteiger partial charge in [-0.2, -0.15) is 0 Å². The van der Waals surface area contributed by atoms with Crippen molar-refractivity contribution in [1.29, 1.82) is 0 Å². The lowest BCUT2D eigenvalue weighted by atomic mass is 9.70. The van der Waals surface area contributed by atoms with Crippen LogP contribution in [-0.4, -0.2) is 12.1 Å². The number of ether oxygens (including phenoxy) is 1. The molecule has 4 heteroatoms. The summed E-state index contributed by atoms with van der Waals surface area (Å²) in [6.07, 6.45) is 19.6. The molecule has 0 fully saturated rings. The number of methoxy groups -OCH3 is 1. The number of fused-ring (bicyclic) bond motifs is 3. The number of allylic oxidation sites excluding steroid dienone is 2. The lowest BCUT2D eigenvalue weighted by Crippen LogP contribution is -2.25. The first-order valence-corrected chi connectivity index (χ1v) is 16.8. The monoisotopic (exact) mass is 599 g/mol. The van der Waals surface area contributed by atoms with E-state index < -0.39 is 0 Å². The second-order valence-electron chi connectivity index (χ2n) is 12.3. The Morgan fingerprint density at radius 1 is 0.756 bits per heavy atom. The highest BCUT2D eigenvalue weighted by atomic mass is 16.5. The first kappa shape index (κ1) is 32.1. The molecule has 1 aliphatic rings. The van der Waals surface area contributed by atoms with E-state index in [-0.39, 0.29) is 5.41 Å². The van der Waals surface area contributed by atoms with Crippen molar-refractivity contribution in [1.82, 2.24) is 4.98 Å². The summed E-state index contributed by atoms with van der Waals surface area (Å²) in [5.41, 5.74) is 23.1. The molecule has 45 heavy (non-hydrogen) atoms. The van der Waals surface area contributed by atoms with E-state index in [1.54, 1.807) is 7.11 Å². The molecule has 234 valence electrons. The van der Waals surface area contributed by atoms with Crippen LogP contribution in [0.5, 0.6) is 5.75 Å². The van der Waals surface area contributed by atoms with Crippen LogP contribution in [0.25, 0.3) is 39.7 Å². The van der Waals surface area contributed by atoms with Gasteiger partial charge in [0.25, 0.3) is 0 Å². The summed E-state index contributed by atoms with van der Waals surface area (Å²) in [6.45, 7) is 4.57. The summed E-state index contributed by atoms with van der Waals surface area (Å²) in [4.78, 5) is 5.40. The minimum Gasteiger partial charge on any atom is -0.496 e. The van der Waals surface area contributed by atoms with Gasteiger partial charge in [-0.1, -0.05) is 132 Å². The van der Waals surface area contributed by atoms with Crippen LogP contribution in [0.3, 0.4) is 0 Å². The minimum atomic E-state index is -0.0363. The number of benzene rings is 3. The Bertz CT molecular complexity index is 1640. The van der Waals surface area contributed by atoms with Gasteiger partial charge in [0.05, 0.1) is 18.5 Å². The number of nitrogens with two attached hydrogens (primary N) is 2. The SMILES string of the molecule is CCCCCCC1(CCCCCC)c2ccc(-c3ccc(-c4ccccc4C=C/C=C\N)c(N)c3)nc2-c2c(OC)cccc21. The van der Waals surface area contributed by atoms with Crippen molar-refractivity contribution < 1.29 is 4.74 Å². The Labute approximate surface area is 270 Å². The number of pyridine rings is 1. The number of hydrogen-bond donors (Lipinski definition) is 2. The maximum absolute atomic E-state index is 6.75. The zero-order valence-electron chi connectivity index (χ0n) is 27.3. The third-order valence-electron chi connectivity index (χ3n) is 9.42. The first-order valence-electron chi connectivity index (χ1n) is 16.8. The van der Waals surface area contributed by atoms with Crippen molar-refractivity contribution in [3.63, 3.8) is 0 Å². The van der Waals surface area contributed by atoms with Crippen molar-refractivity contribution in [2.24, 2.45) is 5.73 Å². The molecule has 1 heterocycles. The smallest absolute Gasteiger partial charge is 0.128 e. The van der Waals surface area contributed by atoms with E-state index in [1.165, 1.54) is 74.3 Å². The summed E-state index contributed by atoms with van der Waals surface area (Å²) in [5, 5.41) is 0. The van der Waals surface area contributed by atoms with Gasteiger partial charge in [0.1, 0.15) is 5.75 Å². The molecule has 0 aliphatic heterocycles. The summed E-state index contributed by atoms with van der Waals surface area (Å²) in [7, 11) is 1.78. The van der Waals surface area contributed by atoms with E-state index in [1.807, 2.05) is 24.3 Å². The molecule has 0 atom stereocenters. The molecule has 0 bridgehead atoms. The number of hydrogen-bond acceptors (Lipinski definition) is 4. The highest BCUT2D eigenvalue weighted by Gasteiger charge is 2.44. The zero-order valence-corrected chi connectivity index (χ0v) is 27.3. The number of aromatic nitrogens is 1. The maximum atomic E-state index is 6.75. The highest BCUT2D eigenvalue weighted by Crippen LogP contribution is 2.56. The van der Waals surface area contributed by atoms with Gasteiger partial charge < -0.3 is 16.2 Å². The van der Waals surface area contributed by atoms with Crippen molar-refractivity contribution >= 4 is 11.8 Å². The normalized spacial score (nSPS) is 13.4. The largest absolute Gasteiger partial charge is 0.496 e. The predicted octanol–water partition coefficient (Wildman–Crippen LogP) is 10.7. The van der Waals surface area contributed by atoms with E-state index in [9.17, 15) is 0 Å². The van der Waals surface area contributed by atoms with E-state index >= 15 is 0 Å². The summed E-state index contributed by atoms with van der Waals surface area (Å²) < 4.78 is 5.99. The van der Waals surface area contributed by atoms with Gasteiger partial charge in [0.15, 0.2) is 0 Å². The number of nitrogens with zero attached hydrogens (tertiary/aromatic N) is 1.